The Balaban J connectivity index is 1.00. The van der Waals surface area contributed by atoms with Crippen LogP contribution in [0, 0.1) is 11.3 Å². The number of carbonyl (C=O) groups excluding carboxylic acids is 2. The quantitative estimate of drug-likeness (QED) is 0.0988. The van der Waals surface area contributed by atoms with E-state index in [2.05, 4.69) is 33.6 Å². The highest BCUT2D eigenvalue weighted by Gasteiger charge is 2.62. The Morgan fingerprint density at radius 1 is 1.08 bits per heavy atom. The van der Waals surface area contributed by atoms with E-state index in [-0.39, 0.29) is 54.1 Å². The van der Waals surface area contributed by atoms with Crippen LogP contribution in [0.4, 0.5) is 18.0 Å². The zero-order valence-electron chi connectivity index (χ0n) is 29.7. The van der Waals surface area contributed by atoms with Crippen LogP contribution in [0.5, 0.6) is 5.88 Å². The van der Waals surface area contributed by atoms with Crippen molar-refractivity contribution in [3.8, 4) is 11.7 Å². The summed E-state index contributed by atoms with van der Waals surface area (Å²) in [6.07, 6.45) is 5.03. The SMILES string of the molecule is CC(C)(C)OC(=O)N1CC(CCCCCc2ccc(SNC(=O)c3ccc(-n4ccc(OCCC5(C(F)(F)F)CC5)n4)nc3Cl)cn2)CC1(C)C. The third-order valence-corrected chi connectivity index (χ3v) is 10.4. The van der Waals surface area contributed by atoms with Crippen molar-refractivity contribution in [1.29, 1.82) is 0 Å². The summed E-state index contributed by atoms with van der Waals surface area (Å²) < 4.78 is 54.6. The third kappa shape index (κ3) is 10.3. The zero-order valence-corrected chi connectivity index (χ0v) is 31.3. The maximum absolute atomic E-state index is 13.1. The van der Waals surface area contributed by atoms with Gasteiger partial charge < -0.3 is 14.4 Å². The van der Waals surface area contributed by atoms with Gasteiger partial charge in [-0.1, -0.05) is 24.4 Å². The van der Waals surface area contributed by atoms with Gasteiger partial charge in [-0.2, -0.15) is 13.2 Å². The predicted octanol–water partition coefficient (Wildman–Crippen LogP) is 9.00. The smallest absolute Gasteiger partial charge is 0.410 e. The van der Waals surface area contributed by atoms with Gasteiger partial charge in [-0.15, -0.1) is 5.10 Å². The number of carbonyl (C=O) groups is 2. The predicted molar refractivity (Wildman–Crippen MR) is 189 cm³/mol. The average Bonchev–Trinajstić information content (AvgIpc) is 3.59. The number of likely N-dealkylation sites (tertiary alicyclic amines) is 1. The first-order valence-corrected chi connectivity index (χ1v) is 18.5. The maximum atomic E-state index is 13.1. The number of halogens is 4. The minimum Gasteiger partial charge on any atom is -0.477 e. The van der Waals surface area contributed by atoms with Crippen LogP contribution in [-0.4, -0.2) is 67.1 Å². The molecule has 2 amide bonds. The van der Waals surface area contributed by atoms with Gasteiger partial charge >= 0.3 is 12.3 Å². The van der Waals surface area contributed by atoms with Crippen molar-refractivity contribution in [3.05, 3.63) is 59.1 Å². The van der Waals surface area contributed by atoms with E-state index in [0.717, 1.165) is 67.6 Å². The highest BCUT2D eigenvalue weighted by molar-refractivity contribution is 7.98. The second kappa shape index (κ2) is 15.6. The normalized spacial score (nSPS) is 18.1. The monoisotopic (exact) mass is 750 g/mol. The lowest BCUT2D eigenvalue weighted by Gasteiger charge is -2.33. The number of pyridine rings is 2. The molecule has 2 fully saturated rings. The number of nitrogens with zero attached hydrogens (tertiary/aromatic N) is 5. The molecule has 1 saturated heterocycles. The molecule has 0 radical (unpaired) electrons. The Morgan fingerprint density at radius 3 is 2.49 bits per heavy atom. The molecule has 15 heteroatoms. The summed E-state index contributed by atoms with van der Waals surface area (Å²) in [4.78, 5) is 37.0. The molecule has 0 bridgehead atoms. The van der Waals surface area contributed by atoms with E-state index in [9.17, 15) is 22.8 Å². The molecule has 0 spiro atoms. The number of ether oxygens (including phenoxy) is 2. The van der Waals surface area contributed by atoms with Crippen LogP contribution >= 0.6 is 23.5 Å². The van der Waals surface area contributed by atoms with Gasteiger partial charge in [0.05, 0.1) is 17.6 Å². The number of alkyl halides is 3. The van der Waals surface area contributed by atoms with Gasteiger partial charge in [0, 0.05) is 41.1 Å². The lowest BCUT2D eigenvalue weighted by Crippen LogP contribution is -2.45. The number of unbranched alkanes of at least 4 members (excludes halogenated alkanes) is 2. The molecular formula is C36H46ClF3N6O4S. The summed E-state index contributed by atoms with van der Waals surface area (Å²) >= 11 is 7.45. The molecule has 4 heterocycles. The summed E-state index contributed by atoms with van der Waals surface area (Å²) in [6.45, 7) is 10.5. The summed E-state index contributed by atoms with van der Waals surface area (Å²) in [5.74, 6) is 0.521. The molecule has 1 saturated carbocycles. The maximum Gasteiger partial charge on any atom is 0.410 e. The number of rotatable bonds is 14. The number of aromatic nitrogens is 4. The Hall–Kier alpha value is -3.52. The second-order valence-electron chi connectivity index (χ2n) is 15.1. The topological polar surface area (TPSA) is 111 Å². The molecule has 5 rings (SSSR count). The van der Waals surface area contributed by atoms with Crippen molar-refractivity contribution in [2.45, 2.75) is 115 Å². The standard InChI is InChI=1S/C36H46ClF3N6O4S/c1-33(2,3)50-32(48)45-23-24(21-34(45,4)5)9-7-6-8-10-25-11-12-26(22-41-25)51-44-31(47)27-13-14-28(42-30(27)37)46-19-15-29(43-46)49-20-18-35(16-17-35)36(38,39)40/h11-15,19,22,24H,6-10,16-18,20-21,23H2,1-5H3,(H,44,47). The van der Waals surface area contributed by atoms with Crippen molar-refractivity contribution < 1.29 is 32.2 Å². The van der Waals surface area contributed by atoms with Crippen LogP contribution in [0.2, 0.25) is 5.15 Å². The Labute approximate surface area is 306 Å². The van der Waals surface area contributed by atoms with Crippen LogP contribution in [-0.2, 0) is 11.2 Å². The number of hydrogen-bond acceptors (Lipinski definition) is 8. The van der Waals surface area contributed by atoms with E-state index in [4.69, 9.17) is 21.1 Å². The summed E-state index contributed by atoms with van der Waals surface area (Å²) in [5, 5.41) is 4.18. The number of hydrogen-bond donors (Lipinski definition) is 1. The van der Waals surface area contributed by atoms with E-state index >= 15 is 0 Å². The molecule has 3 aromatic heterocycles. The minimum absolute atomic E-state index is 0.0325. The Morgan fingerprint density at radius 2 is 1.84 bits per heavy atom. The summed E-state index contributed by atoms with van der Waals surface area (Å²) in [6, 6.07) is 8.48. The van der Waals surface area contributed by atoms with Gasteiger partial charge in [-0.05, 0) is 122 Å². The molecule has 1 aliphatic heterocycles. The molecule has 1 unspecified atom stereocenters. The van der Waals surface area contributed by atoms with Gasteiger partial charge in [0.25, 0.3) is 5.91 Å². The van der Waals surface area contributed by atoms with E-state index < -0.39 is 23.1 Å². The van der Waals surface area contributed by atoms with Crippen LogP contribution in [0.25, 0.3) is 5.82 Å². The van der Waals surface area contributed by atoms with Crippen molar-refractivity contribution in [1.82, 2.24) is 29.4 Å². The lowest BCUT2D eigenvalue weighted by molar-refractivity contribution is -0.190. The molecule has 0 aromatic carbocycles. The molecule has 10 nitrogen and oxygen atoms in total. The third-order valence-electron chi connectivity index (χ3n) is 9.34. The molecule has 3 aromatic rings. The molecular weight excluding hydrogens is 705 g/mol. The van der Waals surface area contributed by atoms with Crippen molar-refractivity contribution in [2.75, 3.05) is 13.2 Å². The van der Waals surface area contributed by atoms with Gasteiger partial charge in [0.15, 0.2) is 5.82 Å². The molecule has 1 aliphatic carbocycles. The zero-order chi connectivity index (χ0) is 37.0. The first-order chi connectivity index (χ1) is 23.9. The highest BCUT2D eigenvalue weighted by Crippen LogP contribution is 2.59. The highest BCUT2D eigenvalue weighted by atomic mass is 35.5. The second-order valence-corrected chi connectivity index (χ2v) is 16.3. The van der Waals surface area contributed by atoms with Crippen molar-refractivity contribution in [3.63, 3.8) is 0 Å². The van der Waals surface area contributed by atoms with Gasteiger partial charge in [-0.25, -0.2) is 14.5 Å². The molecule has 1 atom stereocenters. The van der Waals surface area contributed by atoms with Crippen molar-refractivity contribution >= 4 is 35.5 Å². The van der Waals surface area contributed by atoms with E-state index in [0.29, 0.717) is 11.7 Å². The number of nitrogens with one attached hydrogen (secondary N) is 1. The number of aryl methyl sites for hydroxylation is 1. The number of amides is 2. The molecule has 278 valence electrons. The fourth-order valence-corrected chi connectivity index (χ4v) is 7.12. The minimum atomic E-state index is -4.23. The van der Waals surface area contributed by atoms with Crippen LogP contribution < -0.4 is 9.46 Å². The van der Waals surface area contributed by atoms with Crippen molar-refractivity contribution in [2.24, 2.45) is 11.3 Å². The largest absolute Gasteiger partial charge is 0.477 e. The van der Waals surface area contributed by atoms with Crippen LogP contribution in [0.1, 0.15) is 102 Å². The van der Waals surface area contributed by atoms with Crippen LogP contribution in [0.3, 0.4) is 0 Å². The molecule has 2 aliphatic rings. The van der Waals surface area contributed by atoms with Gasteiger partial charge in [-0.3, -0.25) is 14.5 Å². The van der Waals surface area contributed by atoms with Gasteiger partial charge in [0.2, 0.25) is 5.88 Å². The van der Waals surface area contributed by atoms with Gasteiger partial charge in [0.1, 0.15) is 10.8 Å². The summed E-state index contributed by atoms with van der Waals surface area (Å²) in [5.41, 5.74) is -1.20. The van der Waals surface area contributed by atoms with E-state index in [1.807, 2.05) is 37.8 Å². The lowest BCUT2D eigenvalue weighted by atomic mass is 9.92. The van der Waals surface area contributed by atoms with E-state index in [1.54, 1.807) is 18.5 Å². The fraction of sp³-hybridized carbons (Fsp3) is 0.583. The average molecular weight is 751 g/mol. The Bertz CT molecular complexity index is 1670. The van der Waals surface area contributed by atoms with E-state index in [1.165, 1.54) is 16.8 Å². The molecule has 51 heavy (non-hydrogen) atoms. The Kier molecular flexibility index (Phi) is 11.8. The first-order valence-electron chi connectivity index (χ1n) is 17.3. The van der Waals surface area contributed by atoms with Crippen LogP contribution in [0.15, 0.2) is 47.6 Å². The fourth-order valence-electron chi connectivity index (χ4n) is 6.32. The first kappa shape index (κ1) is 38.7. The summed E-state index contributed by atoms with van der Waals surface area (Å²) in [7, 11) is 0. The molecule has 1 N–H and O–H groups in total.